The molecule has 0 aliphatic rings. The van der Waals surface area contributed by atoms with Crippen LogP contribution in [0.2, 0.25) is 0 Å². The molecule has 0 spiro atoms. The molecule has 0 unspecified atom stereocenters. The zero-order valence-electron chi connectivity index (χ0n) is 9.11. The van der Waals surface area contributed by atoms with E-state index in [0.717, 1.165) is 5.82 Å². The predicted molar refractivity (Wildman–Crippen MR) is 56.6 cm³/mol. The van der Waals surface area contributed by atoms with Crippen LogP contribution in [0, 0.1) is 0 Å². The highest BCUT2D eigenvalue weighted by Crippen LogP contribution is 2.12. The summed E-state index contributed by atoms with van der Waals surface area (Å²) in [5.41, 5.74) is 0. The lowest BCUT2D eigenvalue weighted by molar-refractivity contribution is 0.232. The summed E-state index contributed by atoms with van der Waals surface area (Å²) in [4.78, 5) is 8.10. The van der Waals surface area contributed by atoms with Crippen molar-refractivity contribution in [2.45, 2.75) is 39.8 Å². The molecule has 1 rings (SSSR count). The van der Waals surface area contributed by atoms with Crippen molar-refractivity contribution in [2.24, 2.45) is 0 Å². The van der Waals surface area contributed by atoms with Gasteiger partial charge in [-0.15, -0.1) is 0 Å². The average molecular weight is 195 g/mol. The molecule has 0 aliphatic heterocycles. The molecule has 1 N–H and O–H groups in total. The van der Waals surface area contributed by atoms with E-state index in [1.54, 1.807) is 6.07 Å². The van der Waals surface area contributed by atoms with Gasteiger partial charge in [0.25, 0.3) is 0 Å². The highest BCUT2D eigenvalue weighted by atomic mass is 16.5. The molecule has 0 aliphatic carbocycles. The Morgan fingerprint density at radius 2 is 1.93 bits per heavy atom. The van der Waals surface area contributed by atoms with E-state index >= 15 is 0 Å². The summed E-state index contributed by atoms with van der Waals surface area (Å²) >= 11 is 0. The third-order valence-corrected chi connectivity index (χ3v) is 1.43. The van der Waals surface area contributed by atoms with Crippen molar-refractivity contribution in [3.8, 4) is 5.88 Å². The number of aromatic nitrogens is 2. The van der Waals surface area contributed by atoms with Gasteiger partial charge >= 0.3 is 0 Å². The Morgan fingerprint density at radius 1 is 1.21 bits per heavy atom. The normalized spacial score (nSPS) is 10.7. The molecule has 1 aromatic heterocycles. The fourth-order valence-electron chi connectivity index (χ4n) is 1.02. The topological polar surface area (TPSA) is 47.0 Å². The fourth-order valence-corrected chi connectivity index (χ4v) is 1.02. The largest absolute Gasteiger partial charge is 0.475 e. The van der Waals surface area contributed by atoms with Crippen LogP contribution in [0.15, 0.2) is 12.4 Å². The summed E-state index contributed by atoms with van der Waals surface area (Å²) in [7, 11) is 0. The highest BCUT2D eigenvalue weighted by Gasteiger charge is 2.02. The maximum absolute atomic E-state index is 5.45. The lowest BCUT2D eigenvalue weighted by atomic mass is 10.4. The van der Waals surface area contributed by atoms with E-state index in [-0.39, 0.29) is 6.10 Å². The van der Waals surface area contributed by atoms with E-state index in [0.29, 0.717) is 11.9 Å². The zero-order chi connectivity index (χ0) is 10.6. The number of ether oxygens (including phenoxy) is 1. The molecule has 1 aromatic rings. The third kappa shape index (κ3) is 3.60. The molecule has 0 radical (unpaired) electrons. The van der Waals surface area contributed by atoms with Gasteiger partial charge in [0.2, 0.25) is 5.88 Å². The van der Waals surface area contributed by atoms with Crippen LogP contribution in [-0.2, 0) is 0 Å². The lowest BCUT2D eigenvalue weighted by Gasteiger charge is -2.11. The van der Waals surface area contributed by atoms with Crippen molar-refractivity contribution >= 4 is 5.82 Å². The van der Waals surface area contributed by atoms with Gasteiger partial charge in [-0.3, -0.25) is 0 Å². The van der Waals surface area contributed by atoms with E-state index in [9.17, 15) is 0 Å². The number of hydrogen-bond donors (Lipinski definition) is 1. The molecule has 0 amide bonds. The summed E-state index contributed by atoms with van der Waals surface area (Å²) in [6.07, 6.45) is 1.64. The molecule has 4 heteroatoms. The van der Waals surface area contributed by atoms with Crippen LogP contribution in [-0.4, -0.2) is 22.1 Å². The summed E-state index contributed by atoms with van der Waals surface area (Å²) < 4.78 is 5.45. The Kier molecular flexibility index (Phi) is 3.68. The number of anilines is 1. The summed E-state index contributed by atoms with van der Waals surface area (Å²) in [5.74, 6) is 1.41. The second kappa shape index (κ2) is 4.79. The molecular formula is C10H17N3O. The number of rotatable bonds is 4. The Labute approximate surface area is 84.7 Å². The minimum Gasteiger partial charge on any atom is -0.475 e. The van der Waals surface area contributed by atoms with Crippen molar-refractivity contribution in [1.82, 2.24) is 9.97 Å². The molecule has 1 heterocycles. The first-order chi connectivity index (χ1) is 6.58. The quantitative estimate of drug-likeness (QED) is 0.799. The Balaban J connectivity index is 2.68. The highest BCUT2D eigenvalue weighted by molar-refractivity contribution is 5.37. The Morgan fingerprint density at radius 3 is 2.50 bits per heavy atom. The van der Waals surface area contributed by atoms with E-state index in [2.05, 4.69) is 29.1 Å². The molecule has 0 saturated heterocycles. The standard InChI is InChI=1S/C10H17N3O/c1-7(2)13-9-5-10(12-6-11-9)14-8(3)4/h5-8H,1-4H3,(H,11,12,13). The minimum absolute atomic E-state index is 0.136. The molecule has 78 valence electrons. The molecule has 4 nitrogen and oxygen atoms in total. The first-order valence-electron chi connectivity index (χ1n) is 4.83. The number of hydrogen-bond acceptors (Lipinski definition) is 4. The fraction of sp³-hybridized carbons (Fsp3) is 0.600. The van der Waals surface area contributed by atoms with E-state index < -0.39 is 0 Å². The van der Waals surface area contributed by atoms with Crippen molar-refractivity contribution in [1.29, 1.82) is 0 Å². The van der Waals surface area contributed by atoms with Crippen molar-refractivity contribution in [2.75, 3.05) is 5.32 Å². The second-order valence-electron chi connectivity index (χ2n) is 3.71. The van der Waals surface area contributed by atoms with Gasteiger partial charge in [0, 0.05) is 12.1 Å². The monoisotopic (exact) mass is 195 g/mol. The van der Waals surface area contributed by atoms with Gasteiger partial charge in [0.15, 0.2) is 0 Å². The number of nitrogens with zero attached hydrogens (tertiary/aromatic N) is 2. The Bertz CT molecular complexity index is 261. The van der Waals surface area contributed by atoms with Gasteiger partial charge in [-0.25, -0.2) is 9.97 Å². The SMILES string of the molecule is CC(C)Nc1cc(OC(C)C)ncn1. The molecule has 0 aromatic carbocycles. The first kappa shape index (κ1) is 10.8. The third-order valence-electron chi connectivity index (χ3n) is 1.43. The molecular weight excluding hydrogens is 178 g/mol. The van der Waals surface area contributed by atoms with Crippen LogP contribution in [0.1, 0.15) is 27.7 Å². The van der Waals surface area contributed by atoms with Crippen LogP contribution in [0.4, 0.5) is 5.82 Å². The second-order valence-corrected chi connectivity index (χ2v) is 3.71. The van der Waals surface area contributed by atoms with Gasteiger partial charge < -0.3 is 10.1 Å². The summed E-state index contributed by atoms with van der Waals surface area (Å²) in [6, 6.07) is 2.16. The summed E-state index contributed by atoms with van der Waals surface area (Å²) in [5, 5.41) is 3.19. The molecule has 0 fully saturated rings. The lowest BCUT2D eigenvalue weighted by Crippen LogP contribution is -2.12. The zero-order valence-corrected chi connectivity index (χ0v) is 9.11. The van der Waals surface area contributed by atoms with Crippen LogP contribution in [0.3, 0.4) is 0 Å². The van der Waals surface area contributed by atoms with Gasteiger partial charge in [-0.2, -0.15) is 0 Å². The van der Waals surface area contributed by atoms with Crippen molar-refractivity contribution < 1.29 is 4.74 Å². The Hall–Kier alpha value is -1.32. The van der Waals surface area contributed by atoms with Crippen LogP contribution >= 0.6 is 0 Å². The smallest absolute Gasteiger partial charge is 0.218 e. The number of nitrogens with one attached hydrogen (secondary N) is 1. The average Bonchev–Trinajstić information content (AvgIpc) is 2.01. The van der Waals surface area contributed by atoms with Gasteiger partial charge in [0.05, 0.1) is 6.10 Å². The van der Waals surface area contributed by atoms with E-state index in [4.69, 9.17) is 4.74 Å². The molecule has 0 saturated carbocycles. The van der Waals surface area contributed by atoms with Gasteiger partial charge in [-0.1, -0.05) is 0 Å². The van der Waals surface area contributed by atoms with Crippen LogP contribution < -0.4 is 10.1 Å². The van der Waals surface area contributed by atoms with Crippen LogP contribution in [0.25, 0.3) is 0 Å². The maximum atomic E-state index is 5.45. The van der Waals surface area contributed by atoms with Gasteiger partial charge in [0.1, 0.15) is 12.1 Å². The van der Waals surface area contributed by atoms with E-state index in [1.807, 2.05) is 13.8 Å². The van der Waals surface area contributed by atoms with Crippen molar-refractivity contribution in [3.05, 3.63) is 12.4 Å². The molecule has 0 atom stereocenters. The maximum Gasteiger partial charge on any atom is 0.218 e. The van der Waals surface area contributed by atoms with Crippen LogP contribution in [0.5, 0.6) is 5.88 Å². The minimum atomic E-state index is 0.136. The molecule has 14 heavy (non-hydrogen) atoms. The van der Waals surface area contributed by atoms with E-state index in [1.165, 1.54) is 6.33 Å². The first-order valence-corrected chi connectivity index (χ1v) is 4.83. The van der Waals surface area contributed by atoms with Gasteiger partial charge in [-0.05, 0) is 27.7 Å². The summed E-state index contributed by atoms with van der Waals surface area (Å²) in [6.45, 7) is 8.06. The molecule has 0 bridgehead atoms. The predicted octanol–water partition coefficient (Wildman–Crippen LogP) is 2.08. The van der Waals surface area contributed by atoms with Crippen molar-refractivity contribution in [3.63, 3.8) is 0 Å².